The summed E-state index contributed by atoms with van der Waals surface area (Å²) in [6.45, 7) is 6.24. The Morgan fingerprint density at radius 1 is 0.882 bits per heavy atom. The Labute approximate surface area is 197 Å². The van der Waals surface area contributed by atoms with Crippen LogP contribution in [0.4, 0.5) is 5.69 Å². The Balaban J connectivity index is 1.44. The van der Waals surface area contributed by atoms with E-state index in [-0.39, 0.29) is 4.90 Å². The molecule has 0 amide bonds. The van der Waals surface area contributed by atoms with Crippen molar-refractivity contribution >= 4 is 15.7 Å². The Bertz CT molecular complexity index is 1460. The molecule has 0 bridgehead atoms. The van der Waals surface area contributed by atoms with Gasteiger partial charge in [0, 0.05) is 11.6 Å². The molecule has 2 aromatic heterocycles. The molecule has 2 aromatic carbocycles. The van der Waals surface area contributed by atoms with Crippen molar-refractivity contribution in [3.05, 3.63) is 71.5 Å². The predicted octanol–water partition coefficient (Wildman–Crippen LogP) is 3.83. The smallest absolute Gasteiger partial charge is 0.265 e. The number of aryl methyl sites for hydroxylation is 2. The van der Waals surface area contributed by atoms with Crippen molar-refractivity contribution in [2.24, 2.45) is 0 Å². The normalized spacial score (nSPS) is 13.0. The van der Waals surface area contributed by atoms with Gasteiger partial charge in [-0.05, 0) is 45.0 Å². The van der Waals surface area contributed by atoms with Crippen LogP contribution in [0.15, 0.2) is 59.5 Å². The summed E-state index contributed by atoms with van der Waals surface area (Å²) >= 11 is 0. The molecule has 1 aliphatic heterocycles. The molecule has 4 aromatic rings. The zero-order valence-electron chi connectivity index (χ0n) is 18.9. The fourth-order valence-corrected chi connectivity index (χ4v) is 5.31. The van der Waals surface area contributed by atoms with Crippen molar-refractivity contribution < 1.29 is 17.9 Å². The molecule has 0 saturated carbocycles. The van der Waals surface area contributed by atoms with Crippen LogP contribution in [-0.2, 0) is 10.0 Å². The van der Waals surface area contributed by atoms with E-state index in [2.05, 4.69) is 20.0 Å². The molecule has 10 heteroatoms. The van der Waals surface area contributed by atoms with Crippen LogP contribution in [-0.4, -0.2) is 41.6 Å². The molecule has 0 atom stereocenters. The fourth-order valence-electron chi connectivity index (χ4n) is 3.87. The number of nitrogens with zero attached hydrogens (tertiary/aromatic N) is 4. The molecule has 0 unspecified atom stereocenters. The second-order valence-electron chi connectivity index (χ2n) is 8.02. The van der Waals surface area contributed by atoms with E-state index in [1.165, 1.54) is 4.68 Å². The van der Waals surface area contributed by atoms with Crippen molar-refractivity contribution in [1.29, 1.82) is 0 Å². The van der Waals surface area contributed by atoms with E-state index in [4.69, 9.17) is 9.47 Å². The molecule has 9 nitrogen and oxygen atoms in total. The largest absolute Gasteiger partial charge is 0.486 e. The molecule has 3 heterocycles. The molecule has 0 saturated heterocycles. The maximum Gasteiger partial charge on any atom is 0.265 e. The number of sulfonamides is 1. The fraction of sp³-hybridized carbons (Fsp3) is 0.208. The molecular formula is C24H23N5O4S. The first-order valence-electron chi connectivity index (χ1n) is 10.7. The van der Waals surface area contributed by atoms with Crippen molar-refractivity contribution in [3.63, 3.8) is 0 Å². The number of rotatable bonds is 5. The zero-order chi connectivity index (χ0) is 23.9. The minimum Gasteiger partial charge on any atom is -0.486 e. The maximum atomic E-state index is 13.3. The second kappa shape index (κ2) is 8.45. The van der Waals surface area contributed by atoms with Crippen molar-refractivity contribution in [2.75, 3.05) is 17.9 Å². The highest BCUT2D eigenvalue weighted by Crippen LogP contribution is 2.34. The van der Waals surface area contributed by atoms with Crippen LogP contribution in [0.5, 0.6) is 11.5 Å². The monoisotopic (exact) mass is 477 g/mol. The van der Waals surface area contributed by atoms with Gasteiger partial charge in [-0.15, -0.1) is 10.2 Å². The topological polar surface area (TPSA) is 108 Å². The zero-order valence-corrected chi connectivity index (χ0v) is 19.8. The van der Waals surface area contributed by atoms with Crippen LogP contribution in [0.2, 0.25) is 0 Å². The van der Waals surface area contributed by atoms with Gasteiger partial charge < -0.3 is 9.47 Å². The lowest BCUT2D eigenvalue weighted by molar-refractivity contribution is 0.171. The van der Waals surface area contributed by atoms with Gasteiger partial charge in [-0.3, -0.25) is 4.72 Å². The van der Waals surface area contributed by atoms with Crippen LogP contribution < -0.4 is 14.2 Å². The lowest BCUT2D eigenvalue weighted by atomic mass is 10.1. The third-order valence-electron chi connectivity index (χ3n) is 5.50. The third-order valence-corrected chi connectivity index (χ3v) is 7.14. The summed E-state index contributed by atoms with van der Waals surface area (Å²) in [4.78, 5) is 0.0896. The van der Waals surface area contributed by atoms with Gasteiger partial charge in [0.25, 0.3) is 10.0 Å². The summed E-state index contributed by atoms with van der Waals surface area (Å²) in [5.41, 5.74) is 3.99. The van der Waals surface area contributed by atoms with E-state index in [0.29, 0.717) is 47.6 Å². The molecule has 0 radical (unpaired) electrons. The number of aromatic nitrogens is 4. The van der Waals surface area contributed by atoms with Crippen LogP contribution in [0.3, 0.4) is 0 Å². The van der Waals surface area contributed by atoms with E-state index in [1.807, 2.05) is 37.3 Å². The summed E-state index contributed by atoms with van der Waals surface area (Å²) in [6, 6.07) is 16.5. The Hall–Kier alpha value is -3.92. The number of anilines is 1. The first-order valence-corrected chi connectivity index (χ1v) is 12.2. The summed E-state index contributed by atoms with van der Waals surface area (Å²) in [5.74, 6) is 1.51. The molecule has 1 N–H and O–H groups in total. The van der Waals surface area contributed by atoms with Crippen LogP contribution in [0.1, 0.15) is 17.0 Å². The van der Waals surface area contributed by atoms with Crippen molar-refractivity contribution in [2.45, 2.75) is 25.7 Å². The van der Waals surface area contributed by atoms with Crippen LogP contribution in [0, 0.1) is 20.8 Å². The minimum absolute atomic E-state index is 0.0896. The van der Waals surface area contributed by atoms with Crippen molar-refractivity contribution in [3.8, 4) is 28.6 Å². The first kappa shape index (κ1) is 21.9. The third kappa shape index (κ3) is 4.08. The van der Waals surface area contributed by atoms with E-state index in [9.17, 15) is 8.42 Å². The average molecular weight is 478 g/mol. The van der Waals surface area contributed by atoms with Gasteiger partial charge in [0.15, 0.2) is 17.3 Å². The summed E-state index contributed by atoms with van der Waals surface area (Å²) in [6.07, 6.45) is 0. The highest BCUT2D eigenvalue weighted by Gasteiger charge is 2.26. The first-order chi connectivity index (χ1) is 16.3. The van der Waals surface area contributed by atoms with E-state index >= 15 is 0 Å². The van der Waals surface area contributed by atoms with Gasteiger partial charge in [0.2, 0.25) is 0 Å². The quantitative estimate of drug-likeness (QED) is 0.465. The Morgan fingerprint density at radius 3 is 2.32 bits per heavy atom. The van der Waals surface area contributed by atoms with Crippen LogP contribution in [0.25, 0.3) is 17.1 Å². The highest BCUT2D eigenvalue weighted by atomic mass is 32.2. The average Bonchev–Trinajstić information content (AvgIpc) is 3.14. The number of ether oxygens (including phenoxy) is 2. The highest BCUT2D eigenvalue weighted by molar-refractivity contribution is 7.92. The Morgan fingerprint density at radius 2 is 1.62 bits per heavy atom. The Kier molecular flexibility index (Phi) is 5.45. The summed E-state index contributed by atoms with van der Waals surface area (Å²) < 4.78 is 41.6. The predicted molar refractivity (Wildman–Crippen MR) is 127 cm³/mol. The minimum atomic E-state index is -3.92. The standard InChI is InChI=1S/C24H23N5O4S/c1-15-4-6-18(7-5-15)20-9-11-23(26-25-20)29-17(3)24(16(2)27-29)34(30,31)28-19-8-10-21-22(14-19)33-13-12-32-21/h4-11,14,28H,12-13H2,1-3H3. The lowest BCUT2D eigenvalue weighted by Gasteiger charge is -2.19. The van der Waals surface area contributed by atoms with Crippen molar-refractivity contribution in [1.82, 2.24) is 20.0 Å². The van der Waals surface area contributed by atoms with Gasteiger partial charge in [-0.1, -0.05) is 29.8 Å². The van der Waals surface area contributed by atoms with Gasteiger partial charge in [0.1, 0.15) is 18.1 Å². The van der Waals surface area contributed by atoms with E-state index in [1.54, 1.807) is 38.1 Å². The van der Waals surface area contributed by atoms with E-state index in [0.717, 1.165) is 16.8 Å². The molecular weight excluding hydrogens is 454 g/mol. The lowest BCUT2D eigenvalue weighted by Crippen LogP contribution is -2.17. The number of hydrogen-bond donors (Lipinski definition) is 1. The summed E-state index contributed by atoms with van der Waals surface area (Å²) in [7, 11) is -3.92. The SMILES string of the molecule is Cc1ccc(-c2ccc(-n3nc(C)c(S(=O)(=O)Nc4ccc5c(c4)OCCO5)c3C)nn2)cc1. The number of hydrogen-bond acceptors (Lipinski definition) is 7. The molecule has 34 heavy (non-hydrogen) atoms. The molecule has 0 aliphatic carbocycles. The number of fused-ring (bicyclic) bond motifs is 1. The van der Waals surface area contributed by atoms with E-state index < -0.39 is 10.0 Å². The number of nitrogens with one attached hydrogen (secondary N) is 1. The molecule has 5 rings (SSSR count). The maximum absolute atomic E-state index is 13.3. The van der Waals surface area contributed by atoms with Gasteiger partial charge in [-0.2, -0.15) is 5.10 Å². The molecule has 174 valence electrons. The molecule has 1 aliphatic rings. The molecule has 0 fully saturated rings. The molecule has 0 spiro atoms. The van der Waals surface area contributed by atoms with Crippen LogP contribution >= 0.6 is 0 Å². The van der Waals surface area contributed by atoms with Gasteiger partial charge >= 0.3 is 0 Å². The summed E-state index contributed by atoms with van der Waals surface area (Å²) in [5, 5.41) is 13.0. The second-order valence-corrected chi connectivity index (χ2v) is 9.64. The number of benzene rings is 2. The van der Waals surface area contributed by atoms with Gasteiger partial charge in [0.05, 0.1) is 22.8 Å². The van der Waals surface area contributed by atoms with Gasteiger partial charge in [-0.25, -0.2) is 13.1 Å².